The monoisotopic (exact) mass is 241 g/mol. The Morgan fingerprint density at radius 3 is 2.72 bits per heavy atom. The quantitative estimate of drug-likeness (QED) is 0.744. The van der Waals surface area contributed by atoms with Crippen LogP contribution in [0.2, 0.25) is 0 Å². The van der Waals surface area contributed by atoms with Gasteiger partial charge >= 0.3 is 0 Å². The maximum Gasteiger partial charge on any atom is 0.152 e. The van der Waals surface area contributed by atoms with Crippen LogP contribution < -0.4 is 0 Å². The molecule has 94 valence electrons. The maximum atomic E-state index is 11.0. The van der Waals surface area contributed by atoms with Crippen LogP contribution in [0.15, 0.2) is 36.5 Å². The summed E-state index contributed by atoms with van der Waals surface area (Å²) in [5.74, 6) is 0.682. The van der Waals surface area contributed by atoms with E-state index in [1.165, 1.54) is 10.9 Å². The zero-order valence-corrected chi connectivity index (χ0v) is 11.2. The van der Waals surface area contributed by atoms with Gasteiger partial charge in [-0.15, -0.1) is 0 Å². The second-order valence-corrected chi connectivity index (χ2v) is 5.09. The summed E-state index contributed by atoms with van der Waals surface area (Å²) < 4.78 is 2.26. The van der Waals surface area contributed by atoms with Crippen LogP contribution in [-0.2, 0) is 11.3 Å². The van der Waals surface area contributed by atoms with Crippen molar-refractivity contribution in [3.8, 4) is 0 Å². The van der Waals surface area contributed by atoms with Crippen molar-refractivity contribution in [2.24, 2.45) is 5.92 Å². The third-order valence-electron chi connectivity index (χ3n) is 2.88. The number of ketones is 1. The molecule has 0 unspecified atom stereocenters. The number of benzene rings is 1. The molecule has 0 amide bonds. The van der Waals surface area contributed by atoms with Gasteiger partial charge in [-0.1, -0.05) is 32.0 Å². The number of aromatic nitrogens is 1. The zero-order chi connectivity index (χ0) is 13.1. The van der Waals surface area contributed by atoms with Crippen molar-refractivity contribution in [3.63, 3.8) is 0 Å². The molecule has 0 atom stereocenters. The molecule has 0 fully saturated rings. The Morgan fingerprint density at radius 2 is 2.06 bits per heavy atom. The summed E-state index contributed by atoms with van der Waals surface area (Å²) in [6, 6.07) is 8.32. The molecule has 0 bridgehead atoms. The molecular weight excluding hydrogens is 222 g/mol. The Hall–Kier alpha value is -1.83. The van der Waals surface area contributed by atoms with Gasteiger partial charge in [-0.3, -0.25) is 4.79 Å². The maximum absolute atomic E-state index is 11.0. The molecule has 0 saturated carbocycles. The van der Waals surface area contributed by atoms with Crippen molar-refractivity contribution in [2.45, 2.75) is 27.3 Å². The van der Waals surface area contributed by atoms with Crippen LogP contribution in [0.25, 0.3) is 17.0 Å². The number of rotatable bonds is 4. The minimum Gasteiger partial charge on any atom is -0.347 e. The molecule has 1 aromatic heterocycles. The van der Waals surface area contributed by atoms with Gasteiger partial charge in [-0.05, 0) is 31.1 Å². The van der Waals surface area contributed by atoms with Gasteiger partial charge in [-0.25, -0.2) is 0 Å². The summed E-state index contributed by atoms with van der Waals surface area (Å²) in [7, 11) is 0. The number of hydrogen-bond acceptors (Lipinski definition) is 1. The van der Waals surface area contributed by atoms with Gasteiger partial charge in [0.15, 0.2) is 5.78 Å². The molecule has 2 nitrogen and oxygen atoms in total. The van der Waals surface area contributed by atoms with Gasteiger partial charge in [0.1, 0.15) is 0 Å². The number of hydrogen-bond donors (Lipinski definition) is 0. The van der Waals surface area contributed by atoms with Crippen LogP contribution in [0, 0.1) is 5.92 Å². The molecule has 2 heteroatoms. The van der Waals surface area contributed by atoms with Gasteiger partial charge in [0.25, 0.3) is 0 Å². The van der Waals surface area contributed by atoms with Gasteiger partial charge in [0, 0.05) is 29.2 Å². The van der Waals surface area contributed by atoms with Crippen LogP contribution in [0.4, 0.5) is 0 Å². The average molecular weight is 241 g/mol. The molecule has 0 N–H and O–H groups in total. The highest BCUT2D eigenvalue weighted by Gasteiger charge is 2.06. The summed E-state index contributed by atoms with van der Waals surface area (Å²) in [5, 5.41) is 1.20. The molecule has 0 radical (unpaired) electrons. The smallest absolute Gasteiger partial charge is 0.152 e. The first-order valence-corrected chi connectivity index (χ1v) is 6.34. The molecule has 2 aromatic rings. The third kappa shape index (κ3) is 2.70. The highest BCUT2D eigenvalue weighted by atomic mass is 16.1. The van der Waals surface area contributed by atoms with E-state index in [-0.39, 0.29) is 5.78 Å². The van der Waals surface area contributed by atoms with Gasteiger partial charge in [0.05, 0.1) is 0 Å². The first-order valence-electron chi connectivity index (χ1n) is 6.34. The highest BCUT2D eigenvalue weighted by Crippen LogP contribution is 2.23. The Morgan fingerprint density at radius 1 is 1.33 bits per heavy atom. The molecule has 18 heavy (non-hydrogen) atoms. The van der Waals surface area contributed by atoms with E-state index in [9.17, 15) is 4.79 Å². The second-order valence-electron chi connectivity index (χ2n) is 5.09. The molecule has 0 spiro atoms. The molecule has 1 heterocycles. The van der Waals surface area contributed by atoms with E-state index in [1.807, 2.05) is 12.1 Å². The summed E-state index contributed by atoms with van der Waals surface area (Å²) in [6.07, 6.45) is 5.66. The van der Waals surface area contributed by atoms with Gasteiger partial charge in [-0.2, -0.15) is 0 Å². The number of allylic oxidation sites excluding steroid dienone is 1. The summed E-state index contributed by atoms with van der Waals surface area (Å²) in [5.41, 5.74) is 2.34. The first-order chi connectivity index (χ1) is 8.58. The van der Waals surface area contributed by atoms with Crippen LogP contribution in [0.3, 0.4) is 0 Å². The van der Waals surface area contributed by atoms with Crippen LogP contribution in [0.1, 0.15) is 26.3 Å². The lowest BCUT2D eigenvalue weighted by Crippen LogP contribution is -2.02. The third-order valence-corrected chi connectivity index (χ3v) is 2.88. The Kier molecular flexibility index (Phi) is 3.66. The van der Waals surface area contributed by atoms with E-state index in [0.717, 1.165) is 12.1 Å². The molecule has 0 aliphatic rings. The minimum atomic E-state index is 0.0793. The van der Waals surface area contributed by atoms with Crippen molar-refractivity contribution >= 4 is 22.8 Å². The van der Waals surface area contributed by atoms with Crippen LogP contribution >= 0.6 is 0 Å². The van der Waals surface area contributed by atoms with E-state index in [2.05, 4.69) is 42.8 Å². The normalized spacial score (nSPS) is 11.8. The molecule has 0 aliphatic carbocycles. The predicted molar refractivity (Wildman–Crippen MR) is 76.5 cm³/mol. The number of carbonyl (C=O) groups excluding carboxylic acids is 1. The van der Waals surface area contributed by atoms with E-state index in [4.69, 9.17) is 0 Å². The first kappa shape index (κ1) is 12.6. The Labute approximate surface area is 108 Å². The highest BCUT2D eigenvalue weighted by molar-refractivity contribution is 5.96. The van der Waals surface area contributed by atoms with E-state index < -0.39 is 0 Å². The number of para-hydroxylation sites is 1. The predicted octanol–water partition coefficient (Wildman–Crippen LogP) is 3.90. The lowest BCUT2D eigenvalue weighted by atomic mass is 10.1. The molecular formula is C16H19NO. The molecule has 0 saturated heterocycles. The fourth-order valence-electron chi connectivity index (χ4n) is 2.16. The molecule has 0 aliphatic heterocycles. The van der Waals surface area contributed by atoms with Crippen molar-refractivity contribution in [3.05, 3.63) is 42.1 Å². The van der Waals surface area contributed by atoms with Gasteiger partial charge in [0.2, 0.25) is 0 Å². The van der Waals surface area contributed by atoms with Crippen LogP contribution in [-0.4, -0.2) is 10.4 Å². The minimum absolute atomic E-state index is 0.0793. The second kappa shape index (κ2) is 5.21. The lowest BCUT2D eigenvalue weighted by Gasteiger charge is -2.07. The molecule has 1 aromatic carbocycles. The van der Waals surface area contributed by atoms with E-state index >= 15 is 0 Å². The summed E-state index contributed by atoms with van der Waals surface area (Å²) >= 11 is 0. The zero-order valence-electron chi connectivity index (χ0n) is 11.2. The Bertz CT molecular complexity index is 590. The number of nitrogens with zero attached hydrogens (tertiary/aromatic N) is 1. The lowest BCUT2D eigenvalue weighted by molar-refractivity contribution is -0.112. The van der Waals surface area contributed by atoms with Crippen LogP contribution in [0.5, 0.6) is 0 Å². The Balaban J connectivity index is 2.50. The van der Waals surface area contributed by atoms with Crippen molar-refractivity contribution in [1.29, 1.82) is 0 Å². The summed E-state index contributed by atoms with van der Waals surface area (Å²) in [4.78, 5) is 11.0. The largest absolute Gasteiger partial charge is 0.347 e. The summed E-state index contributed by atoms with van der Waals surface area (Å²) in [6.45, 7) is 6.98. The van der Waals surface area contributed by atoms with E-state index in [1.54, 1.807) is 13.0 Å². The molecule has 2 rings (SSSR count). The van der Waals surface area contributed by atoms with Crippen molar-refractivity contribution in [2.75, 3.05) is 0 Å². The number of carbonyl (C=O) groups is 1. The SMILES string of the molecule is CC(=O)C=Cc1cn(CC(C)C)c2ccccc12. The van der Waals surface area contributed by atoms with E-state index in [0.29, 0.717) is 5.92 Å². The number of fused-ring (bicyclic) bond motifs is 1. The average Bonchev–Trinajstić information content (AvgIpc) is 2.65. The fraction of sp³-hybridized carbons (Fsp3) is 0.312. The topological polar surface area (TPSA) is 22.0 Å². The van der Waals surface area contributed by atoms with Crippen molar-refractivity contribution in [1.82, 2.24) is 4.57 Å². The van der Waals surface area contributed by atoms with Gasteiger partial charge < -0.3 is 4.57 Å². The standard InChI is InChI=1S/C16H19NO/c1-12(2)10-17-11-14(9-8-13(3)18)15-6-4-5-7-16(15)17/h4-9,11-12H,10H2,1-3H3. The van der Waals surface area contributed by atoms with Crippen molar-refractivity contribution < 1.29 is 4.79 Å². The fourth-order valence-corrected chi connectivity index (χ4v) is 2.16.